The average Bonchev–Trinajstić information content (AvgIpc) is 3.29. The number of pyridine rings is 1. The molecule has 156 valence electrons. The maximum Gasteiger partial charge on any atom is 0.260 e. The molecule has 0 saturated carbocycles. The van der Waals surface area contributed by atoms with E-state index in [0.29, 0.717) is 43.0 Å². The highest BCUT2D eigenvalue weighted by Gasteiger charge is 2.30. The highest BCUT2D eigenvalue weighted by atomic mass is 16.5. The maximum absolute atomic E-state index is 12.7. The van der Waals surface area contributed by atoms with Crippen LogP contribution in [0.1, 0.15) is 37.3 Å². The van der Waals surface area contributed by atoms with Crippen LogP contribution < -0.4 is 4.74 Å². The molecule has 0 N–H and O–H groups in total. The van der Waals surface area contributed by atoms with Gasteiger partial charge in [-0.25, -0.2) is 0 Å². The van der Waals surface area contributed by atoms with Crippen LogP contribution in [0.4, 0.5) is 0 Å². The van der Waals surface area contributed by atoms with Crippen molar-refractivity contribution in [3.8, 4) is 17.3 Å². The number of aromatic nitrogens is 3. The normalized spacial score (nSPS) is 16.6. The van der Waals surface area contributed by atoms with E-state index in [9.17, 15) is 4.79 Å². The van der Waals surface area contributed by atoms with E-state index in [-0.39, 0.29) is 12.5 Å². The molecule has 1 aliphatic rings. The van der Waals surface area contributed by atoms with Gasteiger partial charge in [-0.3, -0.25) is 9.78 Å². The number of amides is 1. The molecule has 3 heterocycles. The van der Waals surface area contributed by atoms with Crippen LogP contribution in [0.3, 0.4) is 0 Å². The van der Waals surface area contributed by atoms with Crippen molar-refractivity contribution < 1.29 is 18.8 Å². The molecule has 1 unspecified atom stereocenters. The van der Waals surface area contributed by atoms with Crippen molar-refractivity contribution in [2.24, 2.45) is 0 Å². The molecule has 1 saturated heterocycles. The van der Waals surface area contributed by atoms with E-state index in [4.69, 9.17) is 14.0 Å². The van der Waals surface area contributed by atoms with Crippen molar-refractivity contribution in [2.75, 3.05) is 26.3 Å². The Bertz CT molecular complexity index is 990. The second-order valence-electron chi connectivity index (χ2n) is 7.35. The number of ether oxygens (including phenoxy) is 2. The summed E-state index contributed by atoms with van der Waals surface area (Å²) in [6.45, 7) is 5.38. The van der Waals surface area contributed by atoms with Crippen molar-refractivity contribution in [3.63, 3.8) is 0 Å². The number of carbonyl (C=O) groups excluding carboxylic acids is 1. The fourth-order valence-corrected chi connectivity index (χ4v) is 3.31. The summed E-state index contributed by atoms with van der Waals surface area (Å²) in [5.74, 6) is 1.68. The Kier molecular flexibility index (Phi) is 6.04. The van der Waals surface area contributed by atoms with Crippen molar-refractivity contribution in [1.82, 2.24) is 20.0 Å². The average molecular weight is 408 g/mol. The van der Waals surface area contributed by atoms with Crippen molar-refractivity contribution in [3.05, 3.63) is 60.1 Å². The quantitative estimate of drug-likeness (QED) is 0.618. The van der Waals surface area contributed by atoms with E-state index in [1.54, 1.807) is 17.2 Å². The topological polar surface area (TPSA) is 90.6 Å². The Labute approximate surface area is 174 Å². The van der Waals surface area contributed by atoms with Gasteiger partial charge in [-0.15, -0.1) is 0 Å². The predicted molar refractivity (Wildman–Crippen MR) is 109 cm³/mol. The Balaban J connectivity index is 1.38. The lowest BCUT2D eigenvalue weighted by Crippen LogP contribution is -2.44. The molecule has 1 fully saturated rings. The third-order valence-corrected chi connectivity index (χ3v) is 4.92. The van der Waals surface area contributed by atoms with Gasteiger partial charge >= 0.3 is 0 Å². The molecule has 1 aliphatic heterocycles. The molecule has 0 aliphatic carbocycles. The fraction of sp³-hybridized carbons (Fsp3) is 0.364. The SMILES string of the molecule is CC(C)c1ccccc1OCC(=O)N1CCOC(c2nc(-c3ccccn3)no2)C1. The zero-order valence-electron chi connectivity index (χ0n) is 17.0. The lowest BCUT2D eigenvalue weighted by molar-refractivity contribution is -0.142. The summed E-state index contributed by atoms with van der Waals surface area (Å²) in [4.78, 5) is 23.0. The van der Waals surface area contributed by atoms with Gasteiger partial charge < -0.3 is 18.9 Å². The fourth-order valence-electron chi connectivity index (χ4n) is 3.31. The molecular weight excluding hydrogens is 384 g/mol. The Hall–Kier alpha value is -3.26. The first kappa shape index (κ1) is 20.0. The van der Waals surface area contributed by atoms with Crippen molar-refractivity contribution in [2.45, 2.75) is 25.9 Å². The summed E-state index contributed by atoms with van der Waals surface area (Å²) in [6, 6.07) is 13.3. The van der Waals surface area contributed by atoms with Crippen LogP contribution in [0.5, 0.6) is 5.75 Å². The van der Waals surface area contributed by atoms with Gasteiger partial charge in [0.05, 0.1) is 13.2 Å². The Morgan fingerprint density at radius 2 is 2.07 bits per heavy atom. The number of morpholine rings is 1. The summed E-state index contributed by atoms with van der Waals surface area (Å²) in [5.41, 5.74) is 1.70. The third kappa shape index (κ3) is 4.49. The van der Waals surface area contributed by atoms with Gasteiger partial charge in [0.1, 0.15) is 11.4 Å². The molecule has 0 bridgehead atoms. The molecule has 8 nitrogen and oxygen atoms in total. The zero-order valence-corrected chi connectivity index (χ0v) is 17.0. The number of carbonyl (C=O) groups is 1. The number of para-hydroxylation sites is 1. The van der Waals surface area contributed by atoms with Crippen LogP contribution in [0.2, 0.25) is 0 Å². The molecule has 3 aromatic rings. The minimum Gasteiger partial charge on any atom is -0.483 e. The molecule has 1 atom stereocenters. The first-order valence-corrected chi connectivity index (χ1v) is 9.98. The largest absolute Gasteiger partial charge is 0.483 e. The van der Waals surface area contributed by atoms with Gasteiger partial charge in [0.15, 0.2) is 12.7 Å². The Morgan fingerprint density at radius 3 is 2.87 bits per heavy atom. The zero-order chi connectivity index (χ0) is 20.9. The highest BCUT2D eigenvalue weighted by molar-refractivity contribution is 5.78. The second kappa shape index (κ2) is 9.04. The summed E-state index contributed by atoms with van der Waals surface area (Å²) < 4.78 is 16.9. The van der Waals surface area contributed by atoms with Crippen LogP contribution in [0.15, 0.2) is 53.2 Å². The van der Waals surface area contributed by atoms with Crippen molar-refractivity contribution in [1.29, 1.82) is 0 Å². The summed E-state index contributed by atoms with van der Waals surface area (Å²) in [6.07, 6.45) is 1.19. The lowest BCUT2D eigenvalue weighted by Gasteiger charge is -2.31. The molecular formula is C22H24N4O4. The summed E-state index contributed by atoms with van der Waals surface area (Å²) in [7, 11) is 0. The van der Waals surface area contributed by atoms with E-state index >= 15 is 0 Å². The monoisotopic (exact) mass is 408 g/mol. The van der Waals surface area contributed by atoms with E-state index in [1.165, 1.54) is 0 Å². The molecule has 0 spiro atoms. The lowest BCUT2D eigenvalue weighted by atomic mass is 10.0. The van der Waals surface area contributed by atoms with Gasteiger partial charge in [-0.2, -0.15) is 4.98 Å². The summed E-state index contributed by atoms with van der Waals surface area (Å²) in [5, 5.41) is 3.98. The molecule has 1 aromatic carbocycles. The van der Waals surface area contributed by atoms with Gasteiger partial charge in [-0.05, 0) is 29.7 Å². The van der Waals surface area contributed by atoms with E-state index in [0.717, 1.165) is 11.3 Å². The van der Waals surface area contributed by atoms with E-state index in [1.807, 2.05) is 36.4 Å². The van der Waals surface area contributed by atoms with Crippen LogP contribution in [0, 0.1) is 0 Å². The number of hydrogen-bond acceptors (Lipinski definition) is 7. The second-order valence-corrected chi connectivity index (χ2v) is 7.35. The molecule has 0 radical (unpaired) electrons. The van der Waals surface area contributed by atoms with Gasteiger partial charge in [0, 0.05) is 12.7 Å². The van der Waals surface area contributed by atoms with Crippen LogP contribution in [0.25, 0.3) is 11.5 Å². The van der Waals surface area contributed by atoms with Gasteiger partial charge in [0.2, 0.25) is 5.82 Å². The van der Waals surface area contributed by atoms with Crippen LogP contribution in [-0.2, 0) is 9.53 Å². The molecule has 1 amide bonds. The van der Waals surface area contributed by atoms with Crippen molar-refractivity contribution >= 4 is 5.91 Å². The number of hydrogen-bond donors (Lipinski definition) is 0. The minimum atomic E-state index is -0.476. The highest BCUT2D eigenvalue weighted by Crippen LogP contribution is 2.26. The molecule has 30 heavy (non-hydrogen) atoms. The molecule has 2 aromatic heterocycles. The minimum absolute atomic E-state index is 0.0283. The number of benzene rings is 1. The van der Waals surface area contributed by atoms with E-state index < -0.39 is 6.10 Å². The first-order valence-electron chi connectivity index (χ1n) is 9.98. The summed E-state index contributed by atoms with van der Waals surface area (Å²) >= 11 is 0. The Morgan fingerprint density at radius 1 is 1.23 bits per heavy atom. The van der Waals surface area contributed by atoms with E-state index in [2.05, 4.69) is 29.0 Å². The van der Waals surface area contributed by atoms with Crippen LogP contribution >= 0.6 is 0 Å². The molecule has 8 heteroatoms. The predicted octanol–water partition coefficient (Wildman–Crippen LogP) is 3.23. The van der Waals surface area contributed by atoms with Gasteiger partial charge in [0.25, 0.3) is 11.8 Å². The number of rotatable bonds is 6. The van der Waals surface area contributed by atoms with Gasteiger partial charge in [-0.1, -0.05) is 43.3 Å². The third-order valence-electron chi connectivity index (χ3n) is 4.92. The first-order chi connectivity index (χ1) is 14.6. The van der Waals surface area contributed by atoms with Crippen LogP contribution in [-0.4, -0.2) is 52.2 Å². The smallest absolute Gasteiger partial charge is 0.260 e. The number of nitrogens with zero attached hydrogens (tertiary/aromatic N) is 4. The standard InChI is InChI=1S/C22H24N4O4/c1-15(2)16-7-3-4-9-18(16)29-14-20(27)26-11-12-28-19(13-26)22-24-21(25-30-22)17-8-5-6-10-23-17/h3-10,15,19H,11-14H2,1-2H3. The maximum atomic E-state index is 12.7. The molecule has 4 rings (SSSR count).